The summed E-state index contributed by atoms with van der Waals surface area (Å²) in [5.74, 6) is 0.586. The molecular formula is C14H22Cl2N6O. The first-order valence-electron chi connectivity index (χ1n) is 6.80. The molecule has 0 aliphatic carbocycles. The number of nitrogens with zero attached hydrogens (tertiary/aromatic N) is 4. The first-order valence-corrected chi connectivity index (χ1v) is 6.80. The average Bonchev–Trinajstić information content (AvgIpc) is 3.01. The van der Waals surface area contributed by atoms with Gasteiger partial charge in [0, 0.05) is 18.3 Å². The van der Waals surface area contributed by atoms with E-state index in [2.05, 4.69) is 20.4 Å². The highest BCUT2D eigenvalue weighted by atomic mass is 35.5. The fourth-order valence-electron chi connectivity index (χ4n) is 1.77. The van der Waals surface area contributed by atoms with Crippen LogP contribution in [-0.2, 0) is 0 Å². The van der Waals surface area contributed by atoms with Crippen LogP contribution in [0.2, 0.25) is 0 Å². The van der Waals surface area contributed by atoms with Gasteiger partial charge in [0.15, 0.2) is 5.82 Å². The van der Waals surface area contributed by atoms with Crippen LogP contribution < -0.4 is 11.1 Å². The van der Waals surface area contributed by atoms with E-state index in [4.69, 9.17) is 5.73 Å². The Morgan fingerprint density at radius 1 is 1.43 bits per heavy atom. The van der Waals surface area contributed by atoms with Gasteiger partial charge in [-0.2, -0.15) is 5.10 Å². The average molecular weight is 361 g/mol. The van der Waals surface area contributed by atoms with Crippen LogP contribution >= 0.6 is 24.8 Å². The van der Waals surface area contributed by atoms with Crippen LogP contribution in [0.1, 0.15) is 31.1 Å². The van der Waals surface area contributed by atoms with Gasteiger partial charge in [0.1, 0.15) is 12.7 Å². The molecule has 0 saturated heterocycles. The maximum absolute atomic E-state index is 12.4. The van der Waals surface area contributed by atoms with E-state index in [0.717, 1.165) is 0 Å². The number of hydrogen-bond acceptors (Lipinski definition) is 5. The Morgan fingerprint density at radius 3 is 2.65 bits per heavy atom. The lowest BCUT2D eigenvalue weighted by atomic mass is 9.88. The SMILES string of the molecule is CC(C)C(C)(CN)NC(=O)c1ccnc(-n2cncn2)c1.Cl.Cl. The molecule has 2 aromatic heterocycles. The van der Waals surface area contributed by atoms with Gasteiger partial charge < -0.3 is 11.1 Å². The second-order valence-electron chi connectivity index (χ2n) is 5.47. The van der Waals surface area contributed by atoms with Crippen molar-refractivity contribution in [3.63, 3.8) is 0 Å². The molecule has 9 heteroatoms. The van der Waals surface area contributed by atoms with E-state index in [9.17, 15) is 4.79 Å². The highest BCUT2D eigenvalue weighted by Gasteiger charge is 2.29. The van der Waals surface area contributed by atoms with Crippen molar-refractivity contribution < 1.29 is 4.79 Å². The molecule has 7 nitrogen and oxygen atoms in total. The molecule has 2 rings (SSSR count). The van der Waals surface area contributed by atoms with E-state index in [1.165, 1.54) is 17.3 Å². The fraction of sp³-hybridized carbons (Fsp3) is 0.429. The van der Waals surface area contributed by atoms with Crippen LogP contribution in [0.3, 0.4) is 0 Å². The number of aromatic nitrogens is 4. The van der Waals surface area contributed by atoms with Crippen molar-refractivity contribution >= 4 is 30.7 Å². The molecule has 23 heavy (non-hydrogen) atoms. The molecule has 128 valence electrons. The van der Waals surface area contributed by atoms with Gasteiger partial charge in [0.05, 0.1) is 5.54 Å². The van der Waals surface area contributed by atoms with E-state index >= 15 is 0 Å². The van der Waals surface area contributed by atoms with Crippen LogP contribution in [0.15, 0.2) is 31.0 Å². The van der Waals surface area contributed by atoms with Crippen molar-refractivity contribution in [1.29, 1.82) is 0 Å². The van der Waals surface area contributed by atoms with Gasteiger partial charge in [-0.1, -0.05) is 13.8 Å². The summed E-state index contributed by atoms with van der Waals surface area (Å²) < 4.78 is 1.50. The number of carbonyl (C=O) groups excluding carboxylic acids is 1. The van der Waals surface area contributed by atoms with Gasteiger partial charge in [-0.15, -0.1) is 24.8 Å². The zero-order valence-corrected chi connectivity index (χ0v) is 14.9. The minimum atomic E-state index is -0.451. The molecular weight excluding hydrogens is 339 g/mol. The molecule has 0 aliphatic rings. The Hall–Kier alpha value is -1.70. The van der Waals surface area contributed by atoms with Crippen molar-refractivity contribution in [3.05, 3.63) is 36.5 Å². The maximum atomic E-state index is 12.4. The molecule has 1 unspecified atom stereocenters. The summed E-state index contributed by atoms with van der Waals surface area (Å²) >= 11 is 0. The number of nitrogens with one attached hydrogen (secondary N) is 1. The molecule has 1 atom stereocenters. The third kappa shape index (κ3) is 4.89. The summed E-state index contributed by atoms with van der Waals surface area (Å²) in [4.78, 5) is 20.4. The fourth-order valence-corrected chi connectivity index (χ4v) is 1.77. The van der Waals surface area contributed by atoms with Crippen molar-refractivity contribution in [2.45, 2.75) is 26.3 Å². The van der Waals surface area contributed by atoms with Gasteiger partial charge in [0.25, 0.3) is 5.91 Å². The molecule has 0 aromatic carbocycles. The van der Waals surface area contributed by atoms with Crippen LogP contribution in [-0.4, -0.2) is 37.7 Å². The summed E-state index contributed by atoms with van der Waals surface area (Å²) in [5, 5.41) is 6.99. The number of hydrogen-bond donors (Lipinski definition) is 2. The summed E-state index contributed by atoms with van der Waals surface area (Å²) in [7, 11) is 0. The molecule has 0 aliphatic heterocycles. The van der Waals surface area contributed by atoms with Gasteiger partial charge in [-0.3, -0.25) is 4.79 Å². The highest BCUT2D eigenvalue weighted by Crippen LogP contribution is 2.16. The lowest BCUT2D eigenvalue weighted by molar-refractivity contribution is 0.0883. The lowest BCUT2D eigenvalue weighted by Crippen LogP contribution is -2.55. The largest absolute Gasteiger partial charge is 0.345 e. The smallest absolute Gasteiger partial charge is 0.251 e. The molecule has 2 heterocycles. The van der Waals surface area contributed by atoms with Crippen LogP contribution in [0, 0.1) is 5.92 Å². The van der Waals surface area contributed by atoms with Crippen LogP contribution in [0.5, 0.6) is 0 Å². The minimum Gasteiger partial charge on any atom is -0.345 e. The predicted molar refractivity (Wildman–Crippen MR) is 93.4 cm³/mol. The highest BCUT2D eigenvalue weighted by molar-refractivity contribution is 5.95. The number of rotatable bonds is 5. The minimum absolute atomic E-state index is 0. The second-order valence-corrected chi connectivity index (χ2v) is 5.47. The summed E-state index contributed by atoms with van der Waals surface area (Å²) in [6.45, 7) is 6.37. The molecule has 0 radical (unpaired) electrons. The second kappa shape index (κ2) is 8.81. The van der Waals surface area contributed by atoms with Crippen molar-refractivity contribution in [2.24, 2.45) is 11.7 Å². The van der Waals surface area contributed by atoms with Gasteiger partial charge in [-0.25, -0.2) is 14.6 Å². The van der Waals surface area contributed by atoms with Gasteiger partial charge >= 0.3 is 0 Å². The Balaban J connectivity index is 0.00000242. The van der Waals surface area contributed by atoms with E-state index in [-0.39, 0.29) is 36.6 Å². The van der Waals surface area contributed by atoms with E-state index in [1.807, 2.05) is 20.8 Å². The quantitative estimate of drug-likeness (QED) is 0.843. The van der Waals surface area contributed by atoms with Gasteiger partial charge in [-0.05, 0) is 25.0 Å². The molecule has 0 fully saturated rings. The summed E-state index contributed by atoms with van der Waals surface area (Å²) in [6.07, 6.45) is 4.52. The van der Waals surface area contributed by atoms with Crippen molar-refractivity contribution in [2.75, 3.05) is 6.54 Å². The summed E-state index contributed by atoms with van der Waals surface area (Å²) in [5.41, 5.74) is 5.85. The predicted octanol–water partition coefficient (Wildman–Crippen LogP) is 1.61. The van der Waals surface area contributed by atoms with E-state index in [0.29, 0.717) is 17.9 Å². The Bertz CT molecular complexity index is 619. The molecule has 0 spiro atoms. The number of pyridine rings is 1. The third-order valence-corrected chi connectivity index (χ3v) is 3.76. The molecule has 1 amide bonds. The molecule has 3 N–H and O–H groups in total. The van der Waals surface area contributed by atoms with E-state index < -0.39 is 5.54 Å². The van der Waals surface area contributed by atoms with Gasteiger partial charge in [0.2, 0.25) is 0 Å². The molecule has 2 aromatic rings. The topological polar surface area (TPSA) is 98.7 Å². The standard InChI is InChI=1S/C14H20N6O.2ClH/c1-10(2)14(3,7-15)19-13(21)11-4-5-17-12(6-11)20-9-16-8-18-20;;/h4-6,8-10H,7,15H2,1-3H3,(H,19,21);2*1H. The number of carbonyl (C=O) groups is 1. The number of amides is 1. The summed E-state index contributed by atoms with van der Waals surface area (Å²) in [6, 6.07) is 3.33. The first-order chi connectivity index (χ1) is 9.96. The van der Waals surface area contributed by atoms with E-state index in [1.54, 1.807) is 18.3 Å². The number of nitrogens with two attached hydrogens (primary N) is 1. The van der Waals surface area contributed by atoms with Crippen molar-refractivity contribution in [1.82, 2.24) is 25.1 Å². The molecule has 0 saturated carbocycles. The normalized spacial score (nSPS) is 12.7. The Labute approximate surface area is 147 Å². The lowest BCUT2D eigenvalue weighted by Gasteiger charge is -2.33. The first kappa shape index (κ1) is 21.3. The zero-order chi connectivity index (χ0) is 15.5. The zero-order valence-electron chi connectivity index (χ0n) is 13.3. The Morgan fingerprint density at radius 2 is 2.13 bits per heavy atom. The Kier molecular flexibility index (Phi) is 8.16. The van der Waals surface area contributed by atoms with Crippen LogP contribution in [0.25, 0.3) is 5.82 Å². The molecule has 0 bridgehead atoms. The van der Waals surface area contributed by atoms with Crippen LogP contribution in [0.4, 0.5) is 0 Å². The monoisotopic (exact) mass is 360 g/mol. The maximum Gasteiger partial charge on any atom is 0.251 e. The third-order valence-electron chi connectivity index (χ3n) is 3.76. The number of halogens is 2. The van der Waals surface area contributed by atoms with Crippen molar-refractivity contribution in [3.8, 4) is 5.82 Å².